The number of benzene rings is 4. The summed E-state index contributed by atoms with van der Waals surface area (Å²) in [5.74, 6) is 1.15. The van der Waals surface area contributed by atoms with Crippen molar-refractivity contribution in [3.05, 3.63) is 130 Å². The summed E-state index contributed by atoms with van der Waals surface area (Å²) < 4.78 is 7.92. The van der Waals surface area contributed by atoms with Crippen LogP contribution < -0.4 is 4.90 Å². The predicted molar refractivity (Wildman–Crippen MR) is 202 cm³/mol. The minimum absolute atomic E-state index is 0.187. The van der Waals surface area contributed by atoms with E-state index in [1.807, 2.05) is 30.0 Å². The number of carbonyl (C=O) groups excluding carboxylic acids is 1. The zero-order valence-electron chi connectivity index (χ0n) is 29.0. The molecule has 2 aliphatic heterocycles. The van der Waals surface area contributed by atoms with Crippen LogP contribution in [0.5, 0.6) is 0 Å². The smallest absolute Gasteiger partial charge is 0.227 e. The molecule has 2 fully saturated rings. The van der Waals surface area contributed by atoms with Crippen LogP contribution in [0, 0.1) is 0 Å². The fourth-order valence-electron chi connectivity index (χ4n) is 7.36. The Hall–Kier alpha value is -4.21. The minimum atomic E-state index is 0.187. The molecule has 0 aliphatic carbocycles. The van der Waals surface area contributed by atoms with Gasteiger partial charge in [0.1, 0.15) is 0 Å². The Labute approximate surface area is 300 Å². The maximum atomic E-state index is 13.4. The van der Waals surface area contributed by atoms with Crippen LogP contribution in [0.15, 0.2) is 103 Å². The Morgan fingerprint density at radius 1 is 0.760 bits per heavy atom. The third-order valence-corrected chi connectivity index (χ3v) is 10.3. The van der Waals surface area contributed by atoms with E-state index in [9.17, 15) is 4.79 Å². The summed E-state index contributed by atoms with van der Waals surface area (Å²) in [7, 11) is 0. The van der Waals surface area contributed by atoms with Crippen molar-refractivity contribution in [3.63, 3.8) is 0 Å². The number of piperazine rings is 2. The van der Waals surface area contributed by atoms with Crippen molar-refractivity contribution in [3.8, 4) is 0 Å². The van der Waals surface area contributed by atoms with Crippen molar-refractivity contribution in [1.29, 1.82) is 0 Å². The molecule has 3 heterocycles. The van der Waals surface area contributed by atoms with E-state index in [1.54, 1.807) is 0 Å². The summed E-state index contributed by atoms with van der Waals surface area (Å²) in [5.41, 5.74) is 7.05. The SMILES string of the molecule is CCOCCn1c(N2CCN(C(=O)Cc3ccc(CN4CCN(C(c5ccccc5)c5ccc(Cl)cc5)CC4)cc3)CC2)nc2ccccc21. The van der Waals surface area contributed by atoms with E-state index in [1.165, 1.54) is 16.7 Å². The normalized spacial score (nSPS) is 16.6. The standard InChI is InChI=1S/C41H47ClN6O2/c1-2-50-29-28-48-38-11-7-6-10-37(38)43-41(48)47-26-24-45(25-27-47)39(49)30-32-12-14-33(15-13-32)31-44-20-22-46(23-21-44)40(34-8-4-3-5-9-34)35-16-18-36(42)19-17-35/h3-19,40H,2,20-31H2,1H3. The number of ether oxygens (including phenoxy) is 1. The minimum Gasteiger partial charge on any atom is -0.380 e. The van der Waals surface area contributed by atoms with Crippen LogP contribution in [0.4, 0.5) is 5.95 Å². The molecule has 5 aromatic rings. The van der Waals surface area contributed by atoms with Gasteiger partial charge in [-0.3, -0.25) is 14.6 Å². The molecule has 260 valence electrons. The number of halogens is 1. The Morgan fingerprint density at radius 2 is 1.42 bits per heavy atom. The molecule has 8 nitrogen and oxygen atoms in total. The van der Waals surface area contributed by atoms with Gasteiger partial charge in [-0.1, -0.05) is 90.5 Å². The van der Waals surface area contributed by atoms with Gasteiger partial charge in [-0.25, -0.2) is 4.98 Å². The second kappa shape index (κ2) is 16.2. The molecule has 4 aromatic carbocycles. The van der Waals surface area contributed by atoms with Crippen LogP contribution in [-0.2, 0) is 29.0 Å². The molecule has 2 aliphatic rings. The molecule has 7 rings (SSSR count). The summed E-state index contributed by atoms with van der Waals surface area (Å²) in [6.45, 7) is 12.0. The zero-order chi connectivity index (χ0) is 34.3. The van der Waals surface area contributed by atoms with Gasteiger partial charge in [-0.15, -0.1) is 0 Å². The maximum Gasteiger partial charge on any atom is 0.227 e. The van der Waals surface area contributed by atoms with Gasteiger partial charge < -0.3 is 19.1 Å². The van der Waals surface area contributed by atoms with Crippen molar-refractivity contribution in [2.45, 2.75) is 32.5 Å². The zero-order valence-corrected chi connectivity index (χ0v) is 29.7. The van der Waals surface area contributed by atoms with E-state index in [-0.39, 0.29) is 11.9 Å². The lowest BCUT2D eigenvalue weighted by atomic mass is 9.96. The summed E-state index contributed by atoms with van der Waals surface area (Å²) in [5, 5.41) is 0.766. The molecule has 0 radical (unpaired) electrons. The molecule has 1 atom stereocenters. The number of imidazole rings is 1. The molecule has 2 saturated heterocycles. The summed E-state index contributed by atoms with van der Waals surface area (Å²) in [6.07, 6.45) is 0.428. The van der Waals surface area contributed by atoms with Crippen LogP contribution in [0.25, 0.3) is 11.0 Å². The number of anilines is 1. The van der Waals surface area contributed by atoms with Gasteiger partial charge in [-0.2, -0.15) is 0 Å². The first-order valence-electron chi connectivity index (χ1n) is 18.0. The molecule has 50 heavy (non-hydrogen) atoms. The van der Waals surface area contributed by atoms with Gasteiger partial charge in [0.15, 0.2) is 0 Å². The second-order valence-corrected chi connectivity index (χ2v) is 13.7. The molecule has 0 bridgehead atoms. The van der Waals surface area contributed by atoms with Crippen LogP contribution in [-0.4, -0.2) is 95.7 Å². The summed E-state index contributed by atoms with van der Waals surface area (Å²) >= 11 is 6.22. The highest BCUT2D eigenvalue weighted by Crippen LogP contribution is 2.31. The first-order chi connectivity index (χ1) is 24.6. The van der Waals surface area contributed by atoms with Gasteiger partial charge in [0, 0.05) is 77.1 Å². The monoisotopic (exact) mass is 690 g/mol. The molecule has 0 N–H and O–H groups in total. The largest absolute Gasteiger partial charge is 0.380 e. The third-order valence-electron chi connectivity index (χ3n) is 10.1. The number of carbonyl (C=O) groups is 1. The number of aromatic nitrogens is 2. The highest BCUT2D eigenvalue weighted by atomic mass is 35.5. The summed E-state index contributed by atoms with van der Waals surface area (Å²) in [4.78, 5) is 27.7. The quantitative estimate of drug-likeness (QED) is 0.139. The fraction of sp³-hybridized carbons (Fsp3) is 0.366. The van der Waals surface area contributed by atoms with Crippen LogP contribution in [0.1, 0.15) is 35.2 Å². The third kappa shape index (κ3) is 8.05. The Bertz CT molecular complexity index is 1830. The number of para-hydroxylation sites is 2. The molecular formula is C41H47ClN6O2. The lowest BCUT2D eigenvalue weighted by Gasteiger charge is -2.40. The van der Waals surface area contributed by atoms with Crippen molar-refractivity contribution in [1.82, 2.24) is 24.3 Å². The van der Waals surface area contributed by atoms with E-state index in [4.69, 9.17) is 21.3 Å². The van der Waals surface area contributed by atoms with Crippen molar-refractivity contribution < 1.29 is 9.53 Å². The fourth-order valence-corrected chi connectivity index (χ4v) is 7.49. The van der Waals surface area contributed by atoms with E-state index in [0.29, 0.717) is 32.7 Å². The van der Waals surface area contributed by atoms with Crippen LogP contribution in [0.3, 0.4) is 0 Å². The number of fused-ring (bicyclic) bond motifs is 1. The van der Waals surface area contributed by atoms with Crippen molar-refractivity contribution in [2.75, 3.05) is 70.5 Å². The molecule has 1 aromatic heterocycles. The lowest BCUT2D eigenvalue weighted by Crippen LogP contribution is -2.50. The first-order valence-corrected chi connectivity index (χ1v) is 18.3. The van der Waals surface area contributed by atoms with Gasteiger partial charge in [0.25, 0.3) is 0 Å². The van der Waals surface area contributed by atoms with Gasteiger partial charge in [0.05, 0.1) is 30.1 Å². The topological polar surface area (TPSA) is 57.1 Å². The maximum absolute atomic E-state index is 13.4. The molecule has 0 spiro atoms. The summed E-state index contributed by atoms with van der Waals surface area (Å²) in [6, 6.07) is 36.2. The van der Waals surface area contributed by atoms with Crippen LogP contribution in [0.2, 0.25) is 5.02 Å². The molecular weight excluding hydrogens is 644 g/mol. The molecule has 1 amide bonds. The van der Waals surface area contributed by atoms with Gasteiger partial charge >= 0.3 is 0 Å². The second-order valence-electron chi connectivity index (χ2n) is 13.3. The first kappa shape index (κ1) is 34.2. The number of hydrogen-bond donors (Lipinski definition) is 0. The van der Waals surface area contributed by atoms with E-state index >= 15 is 0 Å². The number of amides is 1. The van der Waals surface area contributed by atoms with Crippen molar-refractivity contribution >= 4 is 34.5 Å². The number of rotatable bonds is 12. The van der Waals surface area contributed by atoms with Crippen LogP contribution >= 0.6 is 11.6 Å². The highest BCUT2D eigenvalue weighted by Gasteiger charge is 2.27. The lowest BCUT2D eigenvalue weighted by molar-refractivity contribution is -0.130. The van der Waals surface area contributed by atoms with E-state index < -0.39 is 0 Å². The predicted octanol–water partition coefficient (Wildman–Crippen LogP) is 6.52. The van der Waals surface area contributed by atoms with Crippen molar-refractivity contribution in [2.24, 2.45) is 0 Å². The average Bonchev–Trinajstić information content (AvgIpc) is 3.53. The van der Waals surface area contributed by atoms with Gasteiger partial charge in [0.2, 0.25) is 11.9 Å². The van der Waals surface area contributed by atoms with E-state index in [2.05, 4.69) is 104 Å². The Balaban J connectivity index is 0.902. The number of hydrogen-bond acceptors (Lipinski definition) is 6. The molecule has 0 saturated carbocycles. The van der Waals surface area contributed by atoms with Gasteiger partial charge in [-0.05, 0) is 53.4 Å². The average molecular weight is 691 g/mol. The Kier molecular flexibility index (Phi) is 11.1. The Morgan fingerprint density at radius 3 is 2.14 bits per heavy atom. The number of nitrogens with zero attached hydrogens (tertiary/aromatic N) is 6. The highest BCUT2D eigenvalue weighted by molar-refractivity contribution is 6.30. The molecule has 1 unspecified atom stereocenters. The van der Waals surface area contributed by atoms with E-state index in [0.717, 1.165) is 79.9 Å². The molecule has 9 heteroatoms.